The van der Waals surface area contributed by atoms with E-state index in [9.17, 15) is 0 Å². The van der Waals surface area contributed by atoms with Crippen LogP contribution < -0.4 is 35.5 Å². The van der Waals surface area contributed by atoms with Crippen molar-refractivity contribution < 1.29 is 18.9 Å². The maximum atomic E-state index is 6.30. The van der Waals surface area contributed by atoms with E-state index in [-0.39, 0.29) is 24.9 Å². The molecule has 4 N–H and O–H groups in total. The molecule has 0 aliphatic carbocycles. The van der Waals surface area contributed by atoms with Gasteiger partial charge in [-0.1, -0.05) is 12.1 Å². The van der Waals surface area contributed by atoms with Crippen LogP contribution in [-0.2, 0) is 0 Å². The van der Waals surface area contributed by atoms with E-state index in [4.69, 9.17) is 24.7 Å². The number of methoxy groups -OCH3 is 2. The van der Waals surface area contributed by atoms with Crippen LogP contribution >= 0.6 is 0 Å². The molecule has 2 aromatic carbocycles. The zero-order valence-corrected chi connectivity index (χ0v) is 14.1. The van der Waals surface area contributed by atoms with Gasteiger partial charge in [-0.3, -0.25) is 0 Å². The van der Waals surface area contributed by atoms with E-state index >= 15 is 0 Å². The number of hydrazine groups is 1. The van der Waals surface area contributed by atoms with Crippen molar-refractivity contribution in [2.75, 3.05) is 21.0 Å². The average molecular weight is 343 g/mol. The van der Waals surface area contributed by atoms with Gasteiger partial charge in [0, 0.05) is 5.92 Å². The molecule has 2 heterocycles. The second kappa shape index (κ2) is 6.44. The lowest BCUT2D eigenvalue weighted by Crippen LogP contribution is -2.38. The Morgan fingerprint density at radius 2 is 1.80 bits per heavy atom. The monoisotopic (exact) mass is 343 g/mol. The summed E-state index contributed by atoms with van der Waals surface area (Å²) in [6.45, 7) is 0.201. The summed E-state index contributed by atoms with van der Waals surface area (Å²) >= 11 is 0. The van der Waals surface area contributed by atoms with Crippen LogP contribution in [0, 0.1) is 0 Å². The molecule has 0 bridgehead atoms. The summed E-state index contributed by atoms with van der Waals surface area (Å²) in [4.78, 5) is 0. The van der Waals surface area contributed by atoms with E-state index in [0.717, 1.165) is 16.9 Å². The van der Waals surface area contributed by atoms with Crippen LogP contribution in [0.5, 0.6) is 23.0 Å². The Bertz CT molecular complexity index is 766. The van der Waals surface area contributed by atoms with E-state index in [2.05, 4.69) is 10.9 Å². The van der Waals surface area contributed by atoms with E-state index in [1.165, 1.54) is 0 Å². The van der Waals surface area contributed by atoms with Gasteiger partial charge in [0.05, 0.1) is 26.4 Å². The average Bonchev–Trinajstić information content (AvgIpc) is 3.27. The molecule has 7 heteroatoms. The molecule has 1 fully saturated rings. The maximum Gasteiger partial charge on any atom is 0.231 e. The summed E-state index contributed by atoms with van der Waals surface area (Å²) in [7, 11) is 3.27. The second-order valence-corrected chi connectivity index (χ2v) is 6.05. The van der Waals surface area contributed by atoms with E-state index < -0.39 is 0 Å². The fourth-order valence-electron chi connectivity index (χ4n) is 3.42. The van der Waals surface area contributed by atoms with E-state index in [0.29, 0.717) is 17.2 Å². The quantitative estimate of drug-likeness (QED) is 0.778. The molecular formula is C18H21N3O4. The predicted molar refractivity (Wildman–Crippen MR) is 91.8 cm³/mol. The molecule has 0 spiro atoms. The summed E-state index contributed by atoms with van der Waals surface area (Å²) in [5.41, 5.74) is 14.9. The van der Waals surface area contributed by atoms with Crippen molar-refractivity contribution in [2.24, 2.45) is 5.73 Å². The Morgan fingerprint density at radius 3 is 2.52 bits per heavy atom. The van der Waals surface area contributed by atoms with Gasteiger partial charge >= 0.3 is 0 Å². The Balaban J connectivity index is 1.71. The minimum atomic E-state index is -0.227. The minimum Gasteiger partial charge on any atom is -0.497 e. The topological polar surface area (TPSA) is 87.0 Å². The van der Waals surface area contributed by atoms with Gasteiger partial charge in [-0.25, -0.2) is 10.9 Å². The number of fused-ring (bicyclic) bond motifs is 1. The fraction of sp³-hybridized carbons (Fsp3) is 0.333. The summed E-state index contributed by atoms with van der Waals surface area (Å²) < 4.78 is 21.7. The van der Waals surface area contributed by atoms with E-state index in [1.54, 1.807) is 14.2 Å². The minimum absolute atomic E-state index is 0.0354. The van der Waals surface area contributed by atoms with Crippen LogP contribution in [0.2, 0.25) is 0 Å². The third-order valence-electron chi connectivity index (χ3n) is 4.69. The first kappa shape index (κ1) is 16.0. The van der Waals surface area contributed by atoms with Crippen molar-refractivity contribution in [3.8, 4) is 23.0 Å². The highest BCUT2D eigenvalue weighted by atomic mass is 16.7. The molecule has 4 rings (SSSR count). The molecule has 2 aromatic rings. The lowest BCUT2D eigenvalue weighted by Gasteiger charge is -2.22. The molecule has 0 radical (unpaired) electrons. The number of nitrogens with one attached hydrogen (secondary N) is 2. The van der Waals surface area contributed by atoms with Crippen molar-refractivity contribution in [3.63, 3.8) is 0 Å². The van der Waals surface area contributed by atoms with Crippen LogP contribution in [0.4, 0.5) is 0 Å². The van der Waals surface area contributed by atoms with Gasteiger partial charge in [0.1, 0.15) is 5.75 Å². The molecule has 0 aromatic heterocycles. The zero-order chi connectivity index (χ0) is 17.4. The van der Waals surface area contributed by atoms with Crippen molar-refractivity contribution in [1.29, 1.82) is 0 Å². The third-order valence-corrected chi connectivity index (χ3v) is 4.69. The van der Waals surface area contributed by atoms with Gasteiger partial charge in [0.25, 0.3) is 0 Å². The number of rotatable bonds is 4. The predicted octanol–water partition coefficient (Wildman–Crippen LogP) is 1.65. The van der Waals surface area contributed by atoms with Crippen LogP contribution in [0.15, 0.2) is 36.4 Å². The van der Waals surface area contributed by atoms with Crippen LogP contribution in [0.25, 0.3) is 0 Å². The first-order chi connectivity index (χ1) is 12.2. The number of hydrogen-bond donors (Lipinski definition) is 3. The number of benzene rings is 2. The molecule has 132 valence electrons. The highest BCUT2D eigenvalue weighted by Gasteiger charge is 2.37. The van der Waals surface area contributed by atoms with Crippen LogP contribution in [-0.4, -0.2) is 27.2 Å². The lowest BCUT2D eigenvalue weighted by atomic mass is 9.86. The van der Waals surface area contributed by atoms with Gasteiger partial charge in [-0.05, 0) is 35.4 Å². The van der Waals surface area contributed by atoms with Crippen molar-refractivity contribution >= 4 is 0 Å². The van der Waals surface area contributed by atoms with Crippen LogP contribution in [0.3, 0.4) is 0 Å². The Hall–Kier alpha value is -2.48. The molecule has 7 nitrogen and oxygen atoms in total. The lowest BCUT2D eigenvalue weighted by molar-refractivity contribution is 0.171. The summed E-state index contributed by atoms with van der Waals surface area (Å²) in [5.74, 6) is 2.84. The van der Waals surface area contributed by atoms with Gasteiger partial charge in [-0.2, -0.15) is 0 Å². The summed E-state index contributed by atoms with van der Waals surface area (Å²) in [5, 5.41) is 0. The Labute approximate surface area is 146 Å². The Morgan fingerprint density at radius 1 is 1.00 bits per heavy atom. The number of ether oxygens (including phenoxy) is 4. The highest BCUT2D eigenvalue weighted by Crippen LogP contribution is 2.45. The van der Waals surface area contributed by atoms with Gasteiger partial charge in [0.15, 0.2) is 11.5 Å². The third kappa shape index (κ3) is 2.76. The van der Waals surface area contributed by atoms with Gasteiger partial charge in [0.2, 0.25) is 12.5 Å². The standard InChI is InChI=1S/C18H21N3O4/c1-22-12-5-3-10(4-6-12)15-16(20-21-18(15)19)11-7-13(23-2)17-14(8-11)24-9-25-17/h3-8,15-16,18,20-21H,9,19H2,1-2H3. The van der Waals surface area contributed by atoms with Crippen molar-refractivity contribution in [1.82, 2.24) is 10.9 Å². The molecule has 3 atom stereocenters. The van der Waals surface area contributed by atoms with Crippen LogP contribution in [0.1, 0.15) is 23.1 Å². The van der Waals surface area contributed by atoms with Gasteiger partial charge in [-0.15, -0.1) is 0 Å². The summed E-state index contributed by atoms with van der Waals surface area (Å²) in [6, 6.07) is 11.9. The smallest absolute Gasteiger partial charge is 0.231 e. The largest absolute Gasteiger partial charge is 0.497 e. The molecular weight excluding hydrogens is 322 g/mol. The number of hydrogen-bond acceptors (Lipinski definition) is 7. The highest BCUT2D eigenvalue weighted by molar-refractivity contribution is 5.56. The fourth-order valence-corrected chi connectivity index (χ4v) is 3.42. The molecule has 25 heavy (non-hydrogen) atoms. The summed E-state index contributed by atoms with van der Waals surface area (Å²) in [6.07, 6.45) is -0.227. The molecule has 1 saturated heterocycles. The first-order valence-electron chi connectivity index (χ1n) is 8.09. The maximum absolute atomic E-state index is 6.30. The van der Waals surface area contributed by atoms with Crippen molar-refractivity contribution in [3.05, 3.63) is 47.5 Å². The zero-order valence-electron chi connectivity index (χ0n) is 14.1. The van der Waals surface area contributed by atoms with Crippen molar-refractivity contribution in [2.45, 2.75) is 18.1 Å². The molecule has 0 amide bonds. The molecule has 2 aliphatic rings. The molecule has 3 unspecified atom stereocenters. The molecule has 0 saturated carbocycles. The molecule has 2 aliphatic heterocycles. The first-order valence-corrected chi connectivity index (χ1v) is 8.09. The van der Waals surface area contributed by atoms with Gasteiger partial charge < -0.3 is 24.7 Å². The number of nitrogens with two attached hydrogens (primary N) is 1. The SMILES string of the molecule is COc1ccc(C2C(N)NNC2c2cc(OC)c3c(c2)OCO3)cc1. The Kier molecular flexibility index (Phi) is 4.12. The normalized spacial score (nSPS) is 24.4. The second-order valence-electron chi connectivity index (χ2n) is 6.05. The van der Waals surface area contributed by atoms with E-state index in [1.807, 2.05) is 36.4 Å².